The summed E-state index contributed by atoms with van der Waals surface area (Å²) in [6.45, 7) is 5.62. The molecule has 0 fully saturated rings. The van der Waals surface area contributed by atoms with Gasteiger partial charge in [0.15, 0.2) is 6.61 Å². The number of rotatable bonds is 7. The molecule has 2 aromatic rings. The summed E-state index contributed by atoms with van der Waals surface area (Å²) in [6, 6.07) is 13.6. The minimum atomic E-state index is -0.405. The third-order valence-electron chi connectivity index (χ3n) is 3.84. The van der Waals surface area contributed by atoms with Gasteiger partial charge in [-0.1, -0.05) is 46.3 Å². The summed E-state index contributed by atoms with van der Waals surface area (Å²) >= 11 is 4.91. The molecule has 0 aliphatic heterocycles. The molecule has 0 aliphatic rings. The van der Waals surface area contributed by atoms with Crippen LogP contribution in [0.5, 0.6) is 0 Å². The third kappa shape index (κ3) is 6.18. The van der Waals surface area contributed by atoms with Gasteiger partial charge in [-0.25, -0.2) is 0 Å². The van der Waals surface area contributed by atoms with Gasteiger partial charge in [-0.05, 0) is 49.6 Å². The van der Waals surface area contributed by atoms with Crippen LogP contribution in [0.3, 0.4) is 0 Å². The van der Waals surface area contributed by atoms with Crippen molar-refractivity contribution in [1.82, 2.24) is 5.32 Å². The lowest BCUT2D eigenvalue weighted by molar-refractivity contribution is -0.146. The Morgan fingerprint density at radius 1 is 1.15 bits per heavy atom. The van der Waals surface area contributed by atoms with Crippen molar-refractivity contribution in [2.75, 3.05) is 12.4 Å². The lowest BCUT2D eigenvalue weighted by Gasteiger charge is -2.14. The van der Waals surface area contributed by atoms with Gasteiger partial charge in [0, 0.05) is 9.37 Å². The summed E-state index contributed by atoms with van der Waals surface area (Å²) in [4.78, 5) is 24.9. The van der Waals surface area contributed by atoms with Crippen LogP contribution in [0.1, 0.15) is 29.7 Å². The van der Waals surface area contributed by atoms with Gasteiger partial charge in [0.1, 0.15) is 0 Å². The van der Waals surface area contributed by atoms with Crippen molar-refractivity contribution in [1.29, 1.82) is 0 Å². The molecule has 0 saturated carbocycles. The molecule has 0 unspecified atom stereocenters. The maximum absolute atomic E-state index is 11.9. The molecule has 0 saturated heterocycles. The Morgan fingerprint density at radius 3 is 2.54 bits per heavy atom. The van der Waals surface area contributed by atoms with Crippen molar-refractivity contribution in [3.05, 3.63) is 63.6 Å². The molecule has 0 aromatic heterocycles. The van der Waals surface area contributed by atoms with Gasteiger partial charge < -0.3 is 10.1 Å². The van der Waals surface area contributed by atoms with Gasteiger partial charge >= 0.3 is 5.97 Å². The molecule has 0 bridgehead atoms. The van der Waals surface area contributed by atoms with E-state index in [1.165, 1.54) is 11.8 Å². The number of hydrogen-bond acceptors (Lipinski definition) is 4. The molecule has 26 heavy (non-hydrogen) atoms. The Labute approximate surface area is 166 Å². The van der Waals surface area contributed by atoms with E-state index in [0.29, 0.717) is 0 Å². The first-order chi connectivity index (χ1) is 12.4. The lowest BCUT2D eigenvalue weighted by Crippen LogP contribution is -2.31. The largest absolute Gasteiger partial charge is 0.455 e. The highest BCUT2D eigenvalue weighted by atomic mass is 79.9. The van der Waals surface area contributed by atoms with E-state index in [4.69, 9.17) is 4.74 Å². The highest BCUT2D eigenvalue weighted by molar-refractivity contribution is 9.10. The van der Waals surface area contributed by atoms with E-state index in [9.17, 15) is 9.59 Å². The molecule has 1 N–H and O–H groups in total. The van der Waals surface area contributed by atoms with Crippen LogP contribution in [0, 0.1) is 13.8 Å². The highest BCUT2D eigenvalue weighted by Crippen LogP contribution is 2.28. The topological polar surface area (TPSA) is 55.4 Å². The molecule has 0 aliphatic carbocycles. The molecule has 2 rings (SSSR count). The Balaban J connectivity index is 1.76. The van der Waals surface area contributed by atoms with Gasteiger partial charge in [-0.3, -0.25) is 9.59 Å². The standard InChI is InChI=1S/C20H22BrNO3S/c1-13-10-18(14(2)9-17(13)21)26-12-20(24)25-11-19(23)22-15(3)16-7-5-4-6-8-16/h4-10,15H,11-12H2,1-3H3,(H,22,23)/t15-/m1/s1. The lowest BCUT2D eigenvalue weighted by atomic mass is 10.1. The number of carbonyl (C=O) groups is 2. The number of thioether (sulfide) groups is 1. The summed E-state index contributed by atoms with van der Waals surface area (Å²) in [6.07, 6.45) is 0. The van der Waals surface area contributed by atoms with Crippen LogP contribution in [0.15, 0.2) is 51.8 Å². The fourth-order valence-electron chi connectivity index (χ4n) is 2.34. The van der Waals surface area contributed by atoms with Crippen LogP contribution in [0.2, 0.25) is 0 Å². The maximum atomic E-state index is 11.9. The van der Waals surface area contributed by atoms with Crippen LogP contribution in [-0.4, -0.2) is 24.2 Å². The minimum absolute atomic E-state index is 0.134. The number of ether oxygens (including phenoxy) is 1. The number of amides is 1. The van der Waals surface area contributed by atoms with Gasteiger partial charge in [-0.15, -0.1) is 11.8 Å². The average Bonchev–Trinajstić information content (AvgIpc) is 2.62. The second-order valence-electron chi connectivity index (χ2n) is 6.02. The van der Waals surface area contributed by atoms with Crippen molar-refractivity contribution < 1.29 is 14.3 Å². The van der Waals surface area contributed by atoms with Crippen LogP contribution in [-0.2, 0) is 14.3 Å². The van der Waals surface area contributed by atoms with Gasteiger partial charge in [0.25, 0.3) is 5.91 Å². The fraction of sp³-hybridized carbons (Fsp3) is 0.300. The first-order valence-electron chi connectivity index (χ1n) is 8.26. The summed E-state index contributed by atoms with van der Waals surface area (Å²) in [7, 11) is 0. The van der Waals surface area contributed by atoms with Crippen molar-refractivity contribution in [3.63, 3.8) is 0 Å². The maximum Gasteiger partial charge on any atom is 0.316 e. The molecule has 1 atom stereocenters. The number of hydrogen-bond donors (Lipinski definition) is 1. The van der Waals surface area contributed by atoms with Crippen LogP contribution >= 0.6 is 27.7 Å². The zero-order valence-corrected chi connectivity index (χ0v) is 17.4. The molecule has 1 amide bonds. The van der Waals surface area contributed by atoms with Crippen LogP contribution in [0.4, 0.5) is 0 Å². The second-order valence-corrected chi connectivity index (χ2v) is 7.89. The molecule has 6 heteroatoms. The van der Waals surface area contributed by atoms with E-state index < -0.39 is 5.97 Å². The average molecular weight is 436 g/mol. The molecular weight excluding hydrogens is 414 g/mol. The SMILES string of the molecule is Cc1cc(SCC(=O)OCC(=O)N[C@H](C)c2ccccc2)c(C)cc1Br. The smallest absolute Gasteiger partial charge is 0.316 e. The Bertz CT molecular complexity index is 780. The van der Waals surface area contributed by atoms with E-state index in [1.54, 1.807) is 0 Å². The third-order valence-corrected chi connectivity index (χ3v) is 5.83. The molecule has 4 nitrogen and oxygen atoms in total. The number of aryl methyl sites for hydroxylation is 2. The van der Waals surface area contributed by atoms with E-state index in [2.05, 4.69) is 21.2 Å². The molecule has 0 radical (unpaired) electrons. The molecule has 0 heterocycles. The van der Waals surface area contributed by atoms with Gasteiger partial charge in [0.2, 0.25) is 0 Å². The van der Waals surface area contributed by atoms with Crippen molar-refractivity contribution in [3.8, 4) is 0 Å². The molecule has 0 spiro atoms. The monoisotopic (exact) mass is 435 g/mol. The number of esters is 1. The zero-order chi connectivity index (χ0) is 19.1. The summed E-state index contributed by atoms with van der Waals surface area (Å²) in [5.41, 5.74) is 3.21. The zero-order valence-electron chi connectivity index (χ0n) is 15.0. The normalized spacial score (nSPS) is 11.7. The van der Waals surface area contributed by atoms with E-state index in [-0.39, 0.29) is 24.3 Å². The predicted octanol–water partition coefficient (Wildman–Crippen LogP) is 4.58. The number of carbonyl (C=O) groups excluding carboxylic acids is 2. The summed E-state index contributed by atoms with van der Waals surface area (Å²) < 4.78 is 6.12. The first kappa shape index (κ1) is 20.5. The van der Waals surface area contributed by atoms with Crippen molar-refractivity contribution in [2.24, 2.45) is 0 Å². The highest BCUT2D eigenvalue weighted by Gasteiger charge is 2.13. The van der Waals surface area contributed by atoms with Crippen LogP contribution in [0.25, 0.3) is 0 Å². The predicted molar refractivity (Wildman–Crippen MR) is 108 cm³/mol. The van der Waals surface area contributed by atoms with Crippen LogP contribution < -0.4 is 5.32 Å². The Hall–Kier alpha value is -1.79. The Kier molecular flexibility index (Phi) is 7.72. The minimum Gasteiger partial charge on any atom is -0.455 e. The number of halogens is 1. The van der Waals surface area contributed by atoms with Gasteiger partial charge in [0.05, 0.1) is 11.8 Å². The van der Waals surface area contributed by atoms with E-state index in [0.717, 1.165) is 26.1 Å². The first-order valence-corrected chi connectivity index (χ1v) is 10.0. The van der Waals surface area contributed by atoms with E-state index >= 15 is 0 Å². The van der Waals surface area contributed by atoms with Crippen molar-refractivity contribution in [2.45, 2.75) is 31.7 Å². The van der Waals surface area contributed by atoms with Crippen molar-refractivity contribution >= 4 is 39.6 Å². The molecular formula is C20H22BrNO3S. The summed E-state index contributed by atoms with van der Waals surface area (Å²) in [5.74, 6) is -0.545. The van der Waals surface area contributed by atoms with E-state index in [1.807, 2.05) is 63.2 Å². The number of benzene rings is 2. The molecule has 138 valence electrons. The Morgan fingerprint density at radius 2 is 1.85 bits per heavy atom. The van der Waals surface area contributed by atoms with Gasteiger partial charge in [-0.2, -0.15) is 0 Å². The summed E-state index contributed by atoms with van der Waals surface area (Å²) in [5, 5.41) is 2.82. The quantitative estimate of drug-likeness (QED) is 0.510. The second kappa shape index (κ2) is 9.78. The fourth-order valence-corrected chi connectivity index (χ4v) is 3.70. The molecule has 2 aromatic carbocycles. The number of nitrogens with one attached hydrogen (secondary N) is 1.